The van der Waals surface area contributed by atoms with Crippen molar-refractivity contribution in [2.45, 2.75) is 25.6 Å². The number of hydrogen-bond donors (Lipinski definition) is 1. The molecule has 0 saturated carbocycles. The molecule has 1 rings (SSSR count). The lowest BCUT2D eigenvalue weighted by Crippen LogP contribution is -2.48. The second-order valence-electron chi connectivity index (χ2n) is 4.56. The van der Waals surface area contributed by atoms with E-state index in [1.807, 2.05) is 0 Å². The lowest BCUT2D eigenvalue weighted by molar-refractivity contribution is -0.152. The van der Waals surface area contributed by atoms with Gasteiger partial charge < -0.3 is 4.74 Å². The molecule has 0 bridgehead atoms. The van der Waals surface area contributed by atoms with Crippen molar-refractivity contribution in [1.82, 2.24) is 5.32 Å². The third kappa shape index (κ3) is 3.85. The summed E-state index contributed by atoms with van der Waals surface area (Å²) in [6, 6.07) is 4.96. The summed E-state index contributed by atoms with van der Waals surface area (Å²) in [6.07, 6.45) is -3.09. The van der Waals surface area contributed by atoms with Crippen molar-refractivity contribution < 1.29 is 22.7 Å². The van der Waals surface area contributed by atoms with Crippen molar-refractivity contribution in [3.05, 3.63) is 48.0 Å². The predicted octanol–water partition coefficient (Wildman–Crippen LogP) is 3.26. The maximum Gasteiger partial charge on any atom is 0.416 e. The standard InChI is InChI=1S/C15H18F3NO2/c1-4-10-19-14(3,13(20)21-5-2)11-8-6-7-9-12(11)15(16,17)18/h4,6-9,19H,1,5,10H2,2-3H3. The summed E-state index contributed by atoms with van der Waals surface area (Å²) in [5.41, 5.74) is -2.63. The number of nitrogens with one attached hydrogen (secondary N) is 1. The van der Waals surface area contributed by atoms with Gasteiger partial charge in [-0.1, -0.05) is 24.3 Å². The minimum absolute atomic E-state index is 0.0817. The molecular weight excluding hydrogens is 283 g/mol. The summed E-state index contributed by atoms with van der Waals surface area (Å²) >= 11 is 0. The van der Waals surface area contributed by atoms with Gasteiger partial charge in [-0.3, -0.25) is 5.32 Å². The molecular formula is C15H18F3NO2. The molecule has 0 aliphatic carbocycles. The largest absolute Gasteiger partial charge is 0.464 e. The highest BCUT2D eigenvalue weighted by atomic mass is 19.4. The molecule has 1 N–H and O–H groups in total. The van der Waals surface area contributed by atoms with Crippen LogP contribution in [0.4, 0.5) is 13.2 Å². The number of ether oxygens (including phenoxy) is 1. The minimum atomic E-state index is -4.56. The van der Waals surface area contributed by atoms with Gasteiger partial charge in [0.2, 0.25) is 0 Å². The summed E-state index contributed by atoms with van der Waals surface area (Å²) in [6.45, 7) is 6.72. The maximum atomic E-state index is 13.2. The van der Waals surface area contributed by atoms with E-state index in [0.717, 1.165) is 6.07 Å². The first-order valence-corrected chi connectivity index (χ1v) is 6.47. The zero-order valence-corrected chi connectivity index (χ0v) is 12.0. The Hall–Kier alpha value is -1.82. The molecule has 0 aliphatic heterocycles. The molecule has 6 heteroatoms. The van der Waals surface area contributed by atoms with Crippen LogP contribution in [-0.4, -0.2) is 19.1 Å². The molecule has 0 heterocycles. The Morgan fingerprint density at radius 1 is 1.33 bits per heavy atom. The Bertz CT molecular complexity index is 514. The molecule has 0 spiro atoms. The highest BCUT2D eigenvalue weighted by Crippen LogP contribution is 2.37. The molecule has 0 aromatic heterocycles. The highest BCUT2D eigenvalue weighted by Gasteiger charge is 2.43. The summed E-state index contributed by atoms with van der Waals surface area (Å²) in [4.78, 5) is 12.2. The zero-order chi connectivity index (χ0) is 16.1. The van der Waals surface area contributed by atoms with E-state index in [2.05, 4.69) is 11.9 Å². The Morgan fingerprint density at radius 3 is 2.38 bits per heavy atom. The van der Waals surface area contributed by atoms with Crippen LogP contribution < -0.4 is 5.32 Å². The Morgan fingerprint density at radius 2 is 1.90 bits per heavy atom. The van der Waals surface area contributed by atoms with E-state index in [-0.39, 0.29) is 18.7 Å². The maximum absolute atomic E-state index is 13.2. The number of benzene rings is 1. The van der Waals surface area contributed by atoms with Gasteiger partial charge in [-0.2, -0.15) is 13.2 Å². The summed E-state index contributed by atoms with van der Waals surface area (Å²) in [5, 5.41) is 2.77. The smallest absolute Gasteiger partial charge is 0.416 e. The van der Waals surface area contributed by atoms with Crippen LogP contribution in [0.2, 0.25) is 0 Å². The zero-order valence-electron chi connectivity index (χ0n) is 12.0. The number of carbonyl (C=O) groups is 1. The van der Waals surface area contributed by atoms with Gasteiger partial charge in [0, 0.05) is 6.54 Å². The first kappa shape index (κ1) is 17.2. The third-order valence-electron chi connectivity index (χ3n) is 3.05. The molecule has 116 valence electrons. The lowest BCUT2D eigenvalue weighted by atomic mass is 9.87. The molecule has 21 heavy (non-hydrogen) atoms. The minimum Gasteiger partial charge on any atom is -0.464 e. The van der Waals surface area contributed by atoms with Gasteiger partial charge >= 0.3 is 12.1 Å². The van der Waals surface area contributed by atoms with Gasteiger partial charge in [0.05, 0.1) is 12.2 Å². The number of rotatable bonds is 6. The molecule has 0 saturated heterocycles. The van der Waals surface area contributed by atoms with Crippen molar-refractivity contribution >= 4 is 5.97 Å². The molecule has 0 amide bonds. The summed E-state index contributed by atoms with van der Waals surface area (Å²) < 4.78 is 44.4. The quantitative estimate of drug-likeness (QED) is 0.647. The van der Waals surface area contributed by atoms with Gasteiger partial charge in [0.1, 0.15) is 5.54 Å². The fraction of sp³-hybridized carbons (Fsp3) is 0.400. The molecule has 1 aromatic carbocycles. The van der Waals surface area contributed by atoms with Crippen molar-refractivity contribution in [3.8, 4) is 0 Å². The van der Waals surface area contributed by atoms with Crippen molar-refractivity contribution in [1.29, 1.82) is 0 Å². The average Bonchev–Trinajstić information content (AvgIpc) is 2.44. The summed E-state index contributed by atoms with van der Waals surface area (Å²) in [7, 11) is 0. The van der Waals surface area contributed by atoms with Crippen LogP contribution in [-0.2, 0) is 21.2 Å². The topological polar surface area (TPSA) is 38.3 Å². The van der Waals surface area contributed by atoms with Crippen LogP contribution in [0.1, 0.15) is 25.0 Å². The van der Waals surface area contributed by atoms with E-state index in [0.29, 0.717) is 0 Å². The Labute approximate surface area is 121 Å². The summed E-state index contributed by atoms with van der Waals surface area (Å²) in [5.74, 6) is -0.761. The first-order chi connectivity index (χ1) is 9.77. The molecule has 1 atom stereocenters. The highest BCUT2D eigenvalue weighted by molar-refractivity contribution is 5.82. The van der Waals surface area contributed by atoms with E-state index < -0.39 is 23.2 Å². The van der Waals surface area contributed by atoms with E-state index in [1.165, 1.54) is 31.2 Å². The normalized spacial score (nSPS) is 14.3. The molecule has 1 aromatic rings. The van der Waals surface area contributed by atoms with Crippen LogP contribution >= 0.6 is 0 Å². The first-order valence-electron chi connectivity index (χ1n) is 6.47. The number of halogens is 3. The van der Waals surface area contributed by atoms with Crippen molar-refractivity contribution in [2.75, 3.05) is 13.2 Å². The van der Waals surface area contributed by atoms with E-state index in [9.17, 15) is 18.0 Å². The molecule has 0 aliphatic rings. The second-order valence-corrected chi connectivity index (χ2v) is 4.56. The average molecular weight is 301 g/mol. The van der Waals surface area contributed by atoms with E-state index in [1.54, 1.807) is 6.92 Å². The van der Waals surface area contributed by atoms with Gasteiger partial charge in [-0.25, -0.2) is 4.79 Å². The predicted molar refractivity (Wildman–Crippen MR) is 73.6 cm³/mol. The third-order valence-corrected chi connectivity index (χ3v) is 3.05. The monoisotopic (exact) mass is 301 g/mol. The van der Waals surface area contributed by atoms with E-state index >= 15 is 0 Å². The Kier molecular flexibility index (Phi) is 5.54. The fourth-order valence-corrected chi connectivity index (χ4v) is 2.00. The molecule has 1 unspecified atom stereocenters. The van der Waals surface area contributed by atoms with E-state index in [4.69, 9.17) is 4.74 Å². The number of esters is 1. The van der Waals surface area contributed by atoms with Gasteiger partial charge in [0.15, 0.2) is 0 Å². The molecule has 3 nitrogen and oxygen atoms in total. The van der Waals surface area contributed by atoms with Crippen molar-refractivity contribution in [2.24, 2.45) is 0 Å². The lowest BCUT2D eigenvalue weighted by Gasteiger charge is -2.31. The van der Waals surface area contributed by atoms with Crippen LogP contribution in [0.15, 0.2) is 36.9 Å². The molecule has 0 radical (unpaired) electrons. The van der Waals surface area contributed by atoms with Crippen LogP contribution in [0.5, 0.6) is 0 Å². The van der Waals surface area contributed by atoms with Crippen molar-refractivity contribution in [3.63, 3.8) is 0 Å². The Balaban J connectivity index is 3.39. The van der Waals surface area contributed by atoms with Crippen LogP contribution in [0.25, 0.3) is 0 Å². The number of hydrogen-bond acceptors (Lipinski definition) is 3. The van der Waals surface area contributed by atoms with Crippen LogP contribution in [0, 0.1) is 0 Å². The van der Waals surface area contributed by atoms with Gasteiger partial charge in [-0.05, 0) is 25.5 Å². The van der Waals surface area contributed by atoms with Gasteiger partial charge in [-0.15, -0.1) is 6.58 Å². The second kappa shape index (κ2) is 6.76. The number of alkyl halides is 3. The SMILES string of the molecule is C=CCNC(C)(C(=O)OCC)c1ccccc1C(F)(F)F. The van der Waals surface area contributed by atoms with Crippen LogP contribution in [0.3, 0.4) is 0 Å². The molecule has 0 fully saturated rings. The number of carbonyl (C=O) groups excluding carboxylic acids is 1. The van der Waals surface area contributed by atoms with Gasteiger partial charge in [0.25, 0.3) is 0 Å². The fourth-order valence-electron chi connectivity index (χ4n) is 2.00.